The highest BCUT2D eigenvalue weighted by Gasteiger charge is 2.41. The highest BCUT2D eigenvalue weighted by Crippen LogP contribution is 2.53. The quantitative estimate of drug-likeness (QED) is 0.375. The van der Waals surface area contributed by atoms with Gasteiger partial charge in [0.15, 0.2) is 0 Å². The number of para-hydroxylation sites is 1. The van der Waals surface area contributed by atoms with E-state index in [0.717, 1.165) is 10.3 Å². The fourth-order valence-electron chi connectivity index (χ4n) is 3.75. The normalized spacial score (nSPS) is 19.1. The highest BCUT2D eigenvalue weighted by atomic mass is 32.2. The summed E-state index contributed by atoms with van der Waals surface area (Å²) in [5, 5.41) is 12.9. The summed E-state index contributed by atoms with van der Waals surface area (Å²) in [5.41, 5.74) is 0.0646. The Balaban J connectivity index is 1.69. The van der Waals surface area contributed by atoms with Crippen LogP contribution in [-0.4, -0.2) is 71.4 Å². The number of aryl methyl sites for hydroxylation is 1. The Bertz CT molecular complexity index is 934. The van der Waals surface area contributed by atoms with Crippen LogP contribution in [0, 0.1) is 10.1 Å². The molecule has 0 aliphatic carbocycles. The second-order valence-corrected chi connectivity index (χ2v) is 10.9. The highest BCUT2D eigenvalue weighted by molar-refractivity contribution is 7.99. The maximum Gasteiger partial charge on any atom is 0.283 e. The molecule has 0 bridgehead atoms. The standard InChI is InChI=1S/C19H25N4O5PS/c1-20-15-16(14-19(20)30-18-5-3-2-4-17(18)23(24)25)29(26,21-6-10-27-11-7-21)22-8-12-28-13-9-22/h2-5,14-15H,6-13H2,1H3. The van der Waals surface area contributed by atoms with Crippen LogP contribution in [0.5, 0.6) is 0 Å². The van der Waals surface area contributed by atoms with Crippen LogP contribution >= 0.6 is 19.2 Å². The van der Waals surface area contributed by atoms with E-state index in [0.29, 0.717) is 57.5 Å². The molecule has 2 aliphatic rings. The van der Waals surface area contributed by atoms with E-state index in [4.69, 9.17) is 9.47 Å². The Morgan fingerprint density at radius 1 is 1.03 bits per heavy atom. The molecule has 4 rings (SSSR count). The number of nitro groups is 1. The minimum absolute atomic E-state index is 0.0646. The largest absolute Gasteiger partial charge is 0.379 e. The zero-order chi connectivity index (χ0) is 21.1. The van der Waals surface area contributed by atoms with Gasteiger partial charge in [-0.1, -0.05) is 23.9 Å². The lowest BCUT2D eigenvalue weighted by molar-refractivity contribution is -0.387. The summed E-state index contributed by atoms with van der Waals surface area (Å²) >= 11 is 1.31. The molecule has 0 amide bonds. The van der Waals surface area contributed by atoms with Crippen LogP contribution < -0.4 is 5.30 Å². The molecule has 0 N–H and O–H groups in total. The summed E-state index contributed by atoms with van der Waals surface area (Å²) < 4.78 is 31.5. The monoisotopic (exact) mass is 452 g/mol. The number of hydrogen-bond donors (Lipinski definition) is 0. The Kier molecular flexibility index (Phi) is 6.62. The molecule has 0 atom stereocenters. The van der Waals surface area contributed by atoms with Gasteiger partial charge in [-0.05, 0) is 12.1 Å². The second-order valence-electron chi connectivity index (χ2n) is 7.15. The molecule has 1 aromatic carbocycles. The third kappa shape index (κ3) is 4.21. The topological polar surface area (TPSA) is 90.1 Å². The van der Waals surface area contributed by atoms with Crippen LogP contribution in [0.15, 0.2) is 46.5 Å². The number of aromatic nitrogens is 1. The van der Waals surface area contributed by atoms with Crippen molar-refractivity contribution in [3.8, 4) is 0 Å². The molecule has 30 heavy (non-hydrogen) atoms. The molecule has 11 heteroatoms. The minimum atomic E-state index is -3.03. The van der Waals surface area contributed by atoms with E-state index in [2.05, 4.69) is 0 Å². The lowest BCUT2D eigenvalue weighted by Crippen LogP contribution is -2.46. The third-order valence-corrected chi connectivity index (χ3v) is 9.73. The first-order valence-corrected chi connectivity index (χ1v) is 12.3. The summed E-state index contributed by atoms with van der Waals surface area (Å²) in [4.78, 5) is 11.6. The fraction of sp³-hybridized carbons (Fsp3) is 0.474. The minimum Gasteiger partial charge on any atom is -0.379 e. The average Bonchev–Trinajstić information content (AvgIpc) is 3.15. The lowest BCUT2D eigenvalue weighted by Gasteiger charge is -2.41. The van der Waals surface area contributed by atoms with E-state index >= 15 is 0 Å². The SMILES string of the molecule is Cn1cc(P(=O)(N2CCOCC2)N2CCOCC2)cc1Sc1ccccc1[N+](=O)[O-]. The zero-order valence-corrected chi connectivity index (χ0v) is 18.5. The molecule has 162 valence electrons. The van der Waals surface area contributed by atoms with Crippen molar-refractivity contribution in [3.05, 3.63) is 46.6 Å². The van der Waals surface area contributed by atoms with Crippen molar-refractivity contribution in [2.45, 2.75) is 9.92 Å². The van der Waals surface area contributed by atoms with Crippen molar-refractivity contribution in [3.63, 3.8) is 0 Å². The second kappa shape index (κ2) is 9.21. The molecule has 2 fully saturated rings. The smallest absolute Gasteiger partial charge is 0.283 e. The molecule has 1 aromatic heterocycles. The molecule has 2 aliphatic heterocycles. The molecular formula is C19H25N4O5PS. The number of nitrogens with zero attached hydrogens (tertiary/aromatic N) is 4. The molecule has 9 nitrogen and oxygen atoms in total. The van der Waals surface area contributed by atoms with Crippen LogP contribution in [0.2, 0.25) is 0 Å². The summed E-state index contributed by atoms with van der Waals surface area (Å²) in [6, 6.07) is 8.58. The Morgan fingerprint density at radius 2 is 1.60 bits per heavy atom. The molecule has 3 heterocycles. The number of rotatable bonds is 6. The van der Waals surface area contributed by atoms with Crippen molar-refractivity contribution < 1.29 is 19.0 Å². The van der Waals surface area contributed by atoms with Crippen molar-refractivity contribution in [2.75, 3.05) is 52.6 Å². The van der Waals surface area contributed by atoms with Gasteiger partial charge >= 0.3 is 0 Å². The van der Waals surface area contributed by atoms with Crippen molar-refractivity contribution in [1.82, 2.24) is 13.9 Å². The zero-order valence-electron chi connectivity index (χ0n) is 16.8. The first-order valence-electron chi connectivity index (χ1n) is 9.85. The molecule has 2 saturated heterocycles. The molecule has 0 saturated carbocycles. The van der Waals surface area contributed by atoms with E-state index in [1.807, 2.05) is 33.2 Å². The summed E-state index contributed by atoms with van der Waals surface area (Å²) in [5.74, 6) is 0. The predicted octanol–water partition coefficient (Wildman–Crippen LogP) is 2.57. The molecule has 0 radical (unpaired) electrons. The van der Waals surface area contributed by atoms with Crippen molar-refractivity contribution >= 4 is 30.2 Å². The average molecular weight is 452 g/mol. The van der Waals surface area contributed by atoms with Crippen LogP contribution in [0.25, 0.3) is 0 Å². The van der Waals surface area contributed by atoms with Crippen LogP contribution in [0.1, 0.15) is 0 Å². The van der Waals surface area contributed by atoms with Gasteiger partial charge in [0.25, 0.3) is 5.69 Å². The van der Waals surface area contributed by atoms with Gasteiger partial charge in [-0.15, -0.1) is 0 Å². The predicted molar refractivity (Wildman–Crippen MR) is 115 cm³/mol. The number of morpholine rings is 2. The Labute approximate surface area is 179 Å². The van der Waals surface area contributed by atoms with Gasteiger partial charge in [0.05, 0.1) is 46.6 Å². The van der Waals surface area contributed by atoms with Gasteiger partial charge in [-0.25, -0.2) is 9.34 Å². The maximum atomic E-state index is 14.5. The van der Waals surface area contributed by atoms with Gasteiger partial charge in [0, 0.05) is 45.5 Å². The van der Waals surface area contributed by atoms with Gasteiger partial charge in [-0.2, -0.15) is 0 Å². The van der Waals surface area contributed by atoms with Gasteiger partial charge < -0.3 is 14.0 Å². The number of nitro benzene ring substituents is 1. The van der Waals surface area contributed by atoms with Gasteiger partial charge in [0.2, 0.25) is 7.44 Å². The molecule has 0 unspecified atom stereocenters. The van der Waals surface area contributed by atoms with E-state index in [1.165, 1.54) is 17.8 Å². The van der Waals surface area contributed by atoms with E-state index < -0.39 is 7.44 Å². The first kappa shape index (κ1) is 21.5. The molecule has 0 spiro atoms. The summed E-state index contributed by atoms with van der Waals surface area (Å²) in [6.45, 7) is 4.65. The fourth-order valence-corrected chi connectivity index (χ4v) is 7.88. The van der Waals surface area contributed by atoms with Crippen molar-refractivity contribution in [2.24, 2.45) is 7.05 Å². The van der Waals surface area contributed by atoms with Gasteiger partial charge in [0.1, 0.15) is 0 Å². The van der Waals surface area contributed by atoms with Crippen molar-refractivity contribution in [1.29, 1.82) is 0 Å². The van der Waals surface area contributed by atoms with E-state index in [1.54, 1.807) is 18.2 Å². The Hall–Kier alpha value is -1.68. The van der Waals surface area contributed by atoms with E-state index in [-0.39, 0.29) is 10.6 Å². The van der Waals surface area contributed by atoms with E-state index in [9.17, 15) is 14.7 Å². The first-order chi connectivity index (χ1) is 14.5. The van der Waals surface area contributed by atoms with Crippen LogP contribution in [-0.2, 0) is 21.1 Å². The maximum absolute atomic E-state index is 14.5. The summed E-state index contributed by atoms with van der Waals surface area (Å²) in [7, 11) is -1.15. The summed E-state index contributed by atoms with van der Waals surface area (Å²) in [6.07, 6.45) is 1.89. The Morgan fingerprint density at radius 3 is 2.17 bits per heavy atom. The number of benzene rings is 1. The van der Waals surface area contributed by atoms with Gasteiger partial charge in [-0.3, -0.25) is 14.7 Å². The number of hydrogen-bond acceptors (Lipinski definition) is 6. The molecular weight excluding hydrogens is 427 g/mol. The lowest BCUT2D eigenvalue weighted by atomic mass is 10.3. The van der Waals surface area contributed by atoms with Crippen LogP contribution in [0.4, 0.5) is 5.69 Å². The molecule has 2 aromatic rings. The van der Waals surface area contributed by atoms with Crippen LogP contribution in [0.3, 0.4) is 0 Å². The number of ether oxygens (including phenoxy) is 2. The third-order valence-electron chi connectivity index (χ3n) is 5.30.